The van der Waals surface area contributed by atoms with Gasteiger partial charge in [-0.2, -0.15) is 5.10 Å². The van der Waals surface area contributed by atoms with Crippen molar-refractivity contribution < 1.29 is 0 Å². The Morgan fingerprint density at radius 3 is 2.47 bits per heavy atom. The van der Waals surface area contributed by atoms with Crippen LogP contribution in [0.15, 0.2) is 30.3 Å². The molecule has 78 valence electrons. The van der Waals surface area contributed by atoms with Gasteiger partial charge in [-0.25, -0.2) is 0 Å². The van der Waals surface area contributed by atoms with Crippen LogP contribution in [0.25, 0.3) is 11.3 Å². The summed E-state index contributed by atoms with van der Waals surface area (Å²) in [4.78, 5) is 0. The number of nitrogens with zero attached hydrogens (tertiary/aromatic N) is 2. The first kappa shape index (κ1) is 9.93. The molecule has 2 rings (SSSR count). The second kappa shape index (κ2) is 3.87. The Bertz CT molecular complexity index is 454. The third-order valence-corrected chi connectivity index (χ3v) is 2.49. The van der Waals surface area contributed by atoms with E-state index in [1.54, 1.807) is 0 Å². The van der Waals surface area contributed by atoms with E-state index in [2.05, 4.69) is 36.3 Å². The summed E-state index contributed by atoms with van der Waals surface area (Å²) in [5, 5.41) is 4.32. The average Bonchev–Trinajstić information content (AvgIpc) is 2.61. The number of rotatable bonds is 2. The summed E-state index contributed by atoms with van der Waals surface area (Å²) in [5.74, 6) is 0. The van der Waals surface area contributed by atoms with Crippen molar-refractivity contribution in [1.82, 2.24) is 9.78 Å². The van der Waals surface area contributed by atoms with Crippen molar-refractivity contribution in [3.8, 4) is 11.3 Å². The molecule has 2 N–H and O–H groups in total. The molecule has 1 aromatic carbocycles. The van der Waals surface area contributed by atoms with Crippen LogP contribution >= 0.6 is 0 Å². The molecule has 2 aromatic rings. The molecule has 0 amide bonds. The highest BCUT2D eigenvalue weighted by atomic mass is 15.3. The zero-order chi connectivity index (χ0) is 10.8. The van der Waals surface area contributed by atoms with E-state index in [0.717, 1.165) is 11.4 Å². The van der Waals surface area contributed by atoms with Crippen molar-refractivity contribution in [2.24, 2.45) is 12.8 Å². The molecule has 15 heavy (non-hydrogen) atoms. The third-order valence-electron chi connectivity index (χ3n) is 2.49. The van der Waals surface area contributed by atoms with Crippen LogP contribution in [0, 0.1) is 6.92 Å². The van der Waals surface area contributed by atoms with Crippen LogP contribution in [0.4, 0.5) is 0 Å². The lowest BCUT2D eigenvalue weighted by molar-refractivity contribution is 0.749. The molecule has 0 fully saturated rings. The zero-order valence-corrected chi connectivity index (χ0v) is 9.07. The lowest BCUT2D eigenvalue weighted by atomic mass is 10.1. The van der Waals surface area contributed by atoms with Gasteiger partial charge in [0.25, 0.3) is 0 Å². The fourth-order valence-corrected chi connectivity index (χ4v) is 1.62. The van der Waals surface area contributed by atoms with E-state index in [-0.39, 0.29) is 0 Å². The van der Waals surface area contributed by atoms with Crippen LogP contribution in [0.3, 0.4) is 0 Å². The normalized spacial score (nSPS) is 10.6. The standard InChI is InChI=1S/C12H15N3/c1-9-3-5-10(6-4-9)12-7-11(8-13)14-15(12)2/h3-7H,8,13H2,1-2H3. The maximum atomic E-state index is 5.56. The van der Waals surface area contributed by atoms with Gasteiger partial charge >= 0.3 is 0 Å². The van der Waals surface area contributed by atoms with Crippen LogP contribution in [-0.4, -0.2) is 9.78 Å². The third kappa shape index (κ3) is 1.92. The average molecular weight is 201 g/mol. The van der Waals surface area contributed by atoms with Crippen molar-refractivity contribution in [1.29, 1.82) is 0 Å². The van der Waals surface area contributed by atoms with Crippen LogP contribution in [-0.2, 0) is 13.6 Å². The van der Waals surface area contributed by atoms with Crippen molar-refractivity contribution in [2.75, 3.05) is 0 Å². The Labute approximate surface area is 89.5 Å². The van der Waals surface area contributed by atoms with E-state index in [4.69, 9.17) is 5.73 Å². The fourth-order valence-electron chi connectivity index (χ4n) is 1.62. The molecular formula is C12H15N3. The van der Waals surface area contributed by atoms with Crippen LogP contribution in [0.1, 0.15) is 11.3 Å². The molecule has 0 saturated heterocycles. The Morgan fingerprint density at radius 1 is 1.27 bits per heavy atom. The maximum Gasteiger partial charge on any atom is 0.0766 e. The number of hydrogen-bond acceptors (Lipinski definition) is 2. The SMILES string of the molecule is Cc1ccc(-c2cc(CN)nn2C)cc1. The highest BCUT2D eigenvalue weighted by molar-refractivity contribution is 5.60. The topological polar surface area (TPSA) is 43.8 Å². The van der Waals surface area contributed by atoms with Gasteiger partial charge in [-0.3, -0.25) is 4.68 Å². The quantitative estimate of drug-likeness (QED) is 0.806. The molecule has 1 aromatic heterocycles. The predicted octanol–water partition coefficient (Wildman–Crippen LogP) is 1.85. The van der Waals surface area contributed by atoms with Crippen molar-refractivity contribution in [2.45, 2.75) is 13.5 Å². The van der Waals surface area contributed by atoms with Gasteiger partial charge in [0, 0.05) is 13.6 Å². The van der Waals surface area contributed by atoms with Gasteiger partial charge in [-0.1, -0.05) is 29.8 Å². The molecule has 0 spiro atoms. The van der Waals surface area contributed by atoms with E-state index in [0.29, 0.717) is 6.54 Å². The lowest BCUT2D eigenvalue weighted by Crippen LogP contribution is -1.98. The summed E-state index contributed by atoms with van der Waals surface area (Å²) in [5.41, 5.74) is 10.0. The number of aromatic nitrogens is 2. The van der Waals surface area contributed by atoms with Crippen LogP contribution < -0.4 is 5.73 Å². The highest BCUT2D eigenvalue weighted by Gasteiger charge is 2.05. The van der Waals surface area contributed by atoms with Gasteiger partial charge < -0.3 is 5.73 Å². The molecule has 0 aliphatic rings. The van der Waals surface area contributed by atoms with E-state index in [9.17, 15) is 0 Å². The Morgan fingerprint density at radius 2 is 1.93 bits per heavy atom. The molecular weight excluding hydrogens is 186 g/mol. The van der Waals surface area contributed by atoms with E-state index < -0.39 is 0 Å². The van der Waals surface area contributed by atoms with Gasteiger partial charge in [0.1, 0.15) is 0 Å². The second-order valence-corrected chi connectivity index (χ2v) is 3.71. The summed E-state index contributed by atoms with van der Waals surface area (Å²) < 4.78 is 1.87. The predicted molar refractivity (Wildman–Crippen MR) is 61.3 cm³/mol. The van der Waals surface area contributed by atoms with Gasteiger partial charge in [0.2, 0.25) is 0 Å². The van der Waals surface area contributed by atoms with Gasteiger partial charge in [0.15, 0.2) is 0 Å². The Kier molecular flexibility index (Phi) is 2.56. The molecule has 0 aliphatic carbocycles. The smallest absolute Gasteiger partial charge is 0.0766 e. The number of aryl methyl sites for hydroxylation is 2. The van der Waals surface area contributed by atoms with E-state index >= 15 is 0 Å². The molecule has 0 saturated carbocycles. The van der Waals surface area contributed by atoms with Crippen LogP contribution in [0.5, 0.6) is 0 Å². The second-order valence-electron chi connectivity index (χ2n) is 3.71. The van der Waals surface area contributed by atoms with Crippen LogP contribution in [0.2, 0.25) is 0 Å². The largest absolute Gasteiger partial charge is 0.325 e. The molecule has 3 nitrogen and oxygen atoms in total. The summed E-state index contributed by atoms with van der Waals surface area (Å²) in [6.07, 6.45) is 0. The molecule has 0 atom stereocenters. The van der Waals surface area contributed by atoms with E-state index in [1.807, 2.05) is 17.8 Å². The summed E-state index contributed by atoms with van der Waals surface area (Å²) in [6.45, 7) is 2.57. The van der Waals surface area contributed by atoms with Crippen molar-refractivity contribution in [3.05, 3.63) is 41.6 Å². The molecule has 0 unspecified atom stereocenters. The molecule has 1 heterocycles. The molecule has 3 heteroatoms. The Hall–Kier alpha value is -1.61. The monoisotopic (exact) mass is 201 g/mol. The lowest BCUT2D eigenvalue weighted by Gasteiger charge is -2.01. The maximum absolute atomic E-state index is 5.56. The Balaban J connectivity index is 2.44. The molecule has 0 aliphatic heterocycles. The molecule has 0 radical (unpaired) electrons. The zero-order valence-electron chi connectivity index (χ0n) is 9.07. The van der Waals surface area contributed by atoms with Gasteiger partial charge in [-0.05, 0) is 18.6 Å². The summed E-state index contributed by atoms with van der Waals surface area (Å²) >= 11 is 0. The minimum Gasteiger partial charge on any atom is -0.325 e. The van der Waals surface area contributed by atoms with Crippen molar-refractivity contribution in [3.63, 3.8) is 0 Å². The summed E-state index contributed by atoms with van der Waals surface area (Å²) in [7, 11) is 1.94. The number of hydrogen-bond donors (Lipinski definition) is 1. The van der Waals surface area contributed by atoms with Gasteiger partial charge in [0.05, 0.1) is 11.4 Å². The minimum absolute atomic E-state index is 0.486. The highest BCUT2D eigenvalue weighted by Crippen LogP contribution is 2.19. The first-order chi connectivity index (χ1) is 7.20. The number of nitrogens with two attached hydrogens (primary N) is 1. The first-order valence-electron chi connectivity index (χ1n) is 5.00. The fraction of sp³-hybridized carbons (Fsp3) is 0.250. The first-order valence-corrected chi connectivity index (χ1v) is 5.00. The minimum atomic E-state index is 0.486. The van der Waals surface area contributed by atoms with Crippen molar-refractivity contribution >= 4 is 0 Å². The molecule has 0 bridgehead atoms. The number of benzene rings is 1. The summed E-state index contributed by atoms with van der Waals surface area (Å²) in [6, 6.07) is 10.4. The van der Waals surface area contributed by atoms with Gasteiger partial charge in [-0.15, -0.1) is 0 Å². The van der Waals surface area contributed by atoms with E-state index in [1.165, 1.54) is 11.1 Å².